The van der Waals surface area contributed by atoms with Gasteiger partial charge in [0.2, 0.25) is 0 Å². The number of hydrogen-bond acceptors (Lipinski definition) is 2. The third-order valence-electron chi connectivity index (χ3n) is 3.31. The van der Waals surface area contributed by atoms with E-state index in [0.29, 0.717) is 12.2 Å². The minimum Gasteiger partial charge on any atom is -0.389 e. The van der Waals surface area contributed by atoms with Gasteiger partial charge in [0.25, 0.3) is 0 Å². The lowest BCUT2D eigenvalue weighted by molar-refractivity contribution is 0.199. The third-order valence-corrected chi connectivity index (χ3v) is 3.31. The monoisotopic (exact) mass is 264 g/mol. The lowest BCUT2D eigenvalue weighted by Crippen LogP contribution is -2.36. The SMILES string of the molecule is CCC(C)(C)CNC(=O)Nc1cccc(C(C)O)c1. The Hall–Kier alpha value is -1.55. The largest absolute Gasteiger partial charge is 0.389 e. The maximum absolute atomic E-state index is 11.8. The molecule has 4 heteroatoms. The second-order valence-electron chi connectivity index (χ2n) is 5.63. The summed E-state index contributed by atoms with van der Waals surface area (Å²) in [6.45, 7) is 8.66. The minimum absolute atomic E-state index is 0.0960. The molecular formula is C15H24N2O2. The molecule has 106 valence electrons. The number of nitrogens with one attached hydrogen (secondary N) is 2. The molecule has 0 saturated heterocycles. The van der Waals surface area contributed by atoms with Crippen molar-refractivity contribution in [2.75, 3.05) is 11.9 Å². The molecule has 0 radical (unpaired) electrons. The van der Waals surface area contributed by atoms with E-state index in [-0.39, 0.29) is 11.4 Å². The molecule has 0 spiro atoms. The summed E-state index contributed by atoms with van der Waals surface area (Å²) in [7, 11) is 0. The van der Waals surface area contributed by atoms with Crippen LogP contribution in [-0.2, 0) is 0 Å². The van der Waals surface area contributed by atoms with E-state index in [1.165, 1.54) is 0 Å². The van der Waals surface area contributed by atoms with E-state index in [4.69, 9.17) is 0 Å². The number of carbonyl (C=O) groups excluding carboxylic acids is 1. The third kappa shape index (κ3) is 5.30. The van der Waals surface area contributed by atoms with Crippen LogP contribution in [0.1, 0.15) is 45.8 Å². The average molecular weight is 264 g/mol. The summed E-state index contributed by atoms with van der Waals surface area (Å²) < 4.78 is 0. The van der Waals surface area contributed by atoms with Gasteiger partial charge in [-0.2, -0.15) is 0 Å². The Labute approximate surface area is 115 Å². The van der Waals surface area contributed by atoms with Gasteiger partial charge < -0.3 is 15.7 Å². The molecule has 2 amide bonds. The van der Waals surface area contributed by atoms with Crippen molar-refractivity contribution < 1.29 is 9.90 Å². The van der Waals surface area contributed by atoms with Crippen LogP contribution in [-0.4, -0.2) is 17.7 Å². The lowest BCUT2D eigenvalue weighted by Gasteiger charge is -2.23. The first-order valence-corrected chi connectivity index (χ1v) is 6.67. The maximum Gasteiger partial charge on any atom is 0.319 e. The van der Waals surface area contributed by atoms with Crippen molar-refractivity contribution in [3.8, 4) is 0 Å². The van der Waals surface area contributed by atoms with Crippen LogP contribution in [0.2, 0.25) is 0 Å². The molecule has 0 aliphatic heterocycles. The maximum atomic E-state index is 11.8. The molecule has 0 aliphatic rings. The Balaban J connectivity index is 2.55. The van der Waals surface area contributed by atoms with E-state index >= 15 is 0 Å². The van der Waals surface area contributed by atoms with Crippen LogP contribution in [0, 0.1) is 5.41 Å². The number of aliphatic hydroxyl groups is 1. The number of carbonyl (C=O) groups is 1. The number of amides is 2. The predicted molar refractivity (Wildman–Crippen MR) is 78.2 cm³/mol. The van der Waals surface area contributed by atoms with Gasteiger partial charge in [-0.25, -0.2) is 4.79 Å². The fourth-order valence-corrected chi connectivity index (χ4v) is 1.50. The number of rotatable bonds is 5. The van der Waals surface area contributed by atoms with Gasteiger partial charge in [-0.1, -0.05) is 32.9 Å². The molecule has 19 heavy (non-hydrogen) atoms. The number of benzene rings is 1. The molecule has 0 heterocycles. The summed E-state index contributed by atoms with van der Waals surface area (Å²) in [5, 5.41) is 15.1. The van der Waals surface area contributed by atoms with E-state index in [9.17, 15) is 9.90 Å². The van der Waals surface area contributed by atoms with Crippen LogP contribution in [0.5, 0.6) is 0 Å². The van der Waals surface area contributed by atoms with E-state index in [1.54, 1.807) is 19.1 Å². The smallest absolute Gasteiger partial charge is 0.319 e. The molecule has 1 aromatic carbocycles. The Morgan fingerprint density at radius 3 is 2.68 bits per heavy atom. The summed E-state index contributed by atoms with van der Waals surface area (Å²) in [6, 6.07) is 7.00. The van der Waals surface area contributed by atoms with Gasteiger partial charge in [-0.05, 0) is 36.5 Å². The number of aliphatic hydroxyl groups excluding tert-OH is 1. The molecule has 0 bridgehead atoms. The molecule has 0 aliphatic carbocycles. The van der Waals surface area contributed by atoms with Crippen molar-refractivity contribution in [3.63, 3.8) is 0 Å². The molecule has 0 saturated carbocycles. The first-order chi connectivity index (χ1) is 8.84. The molecule has 0 fully saturated rings. The summed E-state index contributed by atoms with van der Waals surface area (Å²) in [5.74, 6) is 0. The molecular weight excluding hydrogens is 240 g/mol. The van der Waals surface area contributed by atoms with E-state index < -0.39 is 6.10 Å². The van der Waals surface area contributed by atoms with Gasteiger partial charge in [0.15, 0.2) is 0 Å². The van der Waals surface area contributed by atoms with Crippen LogP contribution in [0.3, 0.4) is 0 Å². The van der Waals surface area contributed by atoms with E-state index in [0.717, 1.165) is 12.0 Å². The van der Waals surface area contributed by atoms with E-state index in [1.807, 2.05) is 12.1 Å². The van der Waals surface area contributed by atoms with Crippen LogP contribution < -0.4 is 10.6 Å². The van der Waals surface area contributed by atoms with Crippen LogP contribution in [0.15, 0.2) is 24.3 Å². The van der Waals surface area contributed by atoms with Gasteiger partial charge in [-0.3, -0.25) is 0 Å². The van der Waals surface area contributed by atoms with Crippen molar-refractivity contribution in [3.05, 3.63) is 29.8 Å². The first kappa shape index (κ1) is 15.5. The summed E-state index contributed by atoms with van der Waals surface area (Å²) in [5.41, 5.74) is 1.57. The Kier molecular flexibility index (Phi) is 5.36. The summed E-state index contributed by atoms with van der Waals surface area (Å²) in [4.78, 5) is 11.8. The van der Waals surface area contributed by atoms with Gasteiger partial charge in [-0.15, -0.1) is 0 Å². The fraction of sp³-hybridized carbons (Fsp3) is 0.533. The van der Waals surface area contributed by atoms with Crippen molar-refractivity contribution in [1.82, 2.24) is 5.32 Å². The zero-order valence-electron chi connectivity index (χ0n) is 12.2. The zero-order chi connectivity index (χ0) is 14.5. The van der Waals surface area contributed by atoms with Crippen LogP contribution in [0.4, 0.5) is 10.5 Å². The van der Waals surface area contributed by atoms with Gasteiger partial charge in [0.05, 0.1) is 6.10 Å². The molecule has 3 N–H and O–H groups in total. The Bertz CT molecular complexity index is 428. The normalized spacial score (nSPS) is 12.9. The lowest BCUT2D eigenvalue weighted by atomic mass is 9.90. The zero-order valence-corrected chi connectivity index (χ0v) is 12.2. The highest BCUT2D eigenvalue weighted by Gasteiger charge is 2.16. The number of anilines is 1. The average Bonchev–Trinajstić information content (AvgIpc) is 2.37. The summed E-state index contributed by atoms with van der Waals surface area (Å²) >= 11 is 0. The first-order valence-electron chi connectivity index (χ1n) is 6.67. The second kappa shape index (κ2) is 6.57. The quantitative estimate of drug-likeness (QED) is 0.764. The highest BCUT2D eigenvalue weighted by molar-refractivity contribution is 5.89. The highest BCUT2D eigenvalue weighted by atomic mass is 16.3. The van der Waals surface area contributed by atoms with Gasteiger partial charge in [0, 0.05) is 12.2 Å². The van der Waals surface area contributed by atoms with Crippen molar-refractivity contribution >= 4 is 11.7 Å². The minimum atomic E-state index is -0.538. The van der Waals surface area contributed by atoms with Crippen LogP contribution >= 0.6 is 0 Å². The molecule has 1 aromatic rings. The standard InChI is InChI=1S/C15H24N2O2/c1-5-15(3,4)10-16-14(19)17-13-8-6-7-12(9-13)11(2)18/h6-9,11,18H,5,10H2,1-4H3,(H2,16,17,19). The Morgan fingerprint density at radius 1 is 1.42 bits per heavy atom. The molecule has 1 rings (SSSR count). The number of hydrogen-bond donors (Lipinski definition) is 3. The highest BCUT2D eigenvalue weighted by Crippen LogP contribution is 2.18. The second-order valence-corrected chi connectivity index (χ2v) is 5.63. The fourth-order valence-electron chi connectivity index (χ4n) is 1.50. The molecule has 1 atom stereocenters. The molecule has 4 nitrogen and oxygen atoms in total. The molecule has 0 aromatic heterocycles. The van der Waals surface area contributed by atoms with Crippen LogP contribution in [0.25, 0.3) is 0 Å². The van der Waals surface area contributed by atoms with Crippen molar-refractivity contribution in [2.24, 2.45) is 5.41 Å². The molecule has 1 unspecified atom stereocenters. The van der Waals surface area contributed by atoms with E-state index in [2.05, 4.69) is 31.4 Å². The predicted octanol–water partition coefficient (Wildman–Crippen LogP) is 3.30. The number of urea groups is 1. The van der Waals surface area contributed by atoms with Crippen molar-refractivity contribution in [2.45, 2.75) is 40.2 Å². The van der Waals surface area contributed by atoms with Gasteiger partial charge in [0.1, 0.15) is 0 Å². The Morgan fingerprint density at radius 2 is 2.11 bits per heavy atom. The van der Waals surface area contributed by atoms with Gasteiger partial charge >= 0.3 is 6.03 Å². The topological polar surface area (TPSA) is 61.4 Å². The summed E-state index contributed by atoms with van der Waals surface area (Å²) in [6.07, 6.45) is 0.467. The van der Waals surface area contributed by atoms with Crippen molar-refractivity contribution in [1.29, 1.82) is 0 Å².